The Hall–Kier alpha value is -2.67. The summed E-state index contributed by atoms with van der Waals surface area (Å²) in [6, 6.07) is 13.1. The zero-order valence-electron chi connectivity index (χ0n) is 18.3. The fraction of sp³-hybridized carbons (Fsp3) is 0.458. The van der Waals surface area contributed by atoms with Crippen LogP contribution in [0.3, 0.4) is 0 Å². The number of methoxy groups -OCH3 is 1. The van der Waals surface area contributed by atoms with Crippen molar-refractivity contribution in [3.63, 3.8) is 0 Å². The van der Waals surface area contributed by atoms with Gasteiger partial charge in [-0.3, -0.25) is 4.39 Å². The molecule has 2 amide bonds. The molecule has 2 aromatic rings. The second kappa shape index (κ2) is 10.1. The largest absolute Gasteiger partial charge is 0.497 e. The molecule has 1 heterocycles. The van der Waals surface area contributed by atoms with Crippen molar-refractivity contribution < 1.29 is 18.3 Å². The van der Waals surface area contributed by atoms with Gasteiger partial charge in [0.25, 0.3) is 0 Å². The molecule has 0 aromatic heterocycles. The van der Waals surface area contributed by atoms with Crippen LogP contribution in [0.25, 0.3) is 0 Å². The Bertz CT molecular complexity index is 856. The molecular weight excluding hydrogens is 400 g/mol. The SMILES string of the molecule is COc1ccc(C(C)(C)N(C(=O)NCc2ccc(F)cc2)[C@@H]2CCNC[C@@H]2CF)cc1. The van der Waals surface area contributed by atoms with E-state index in [4.69, 9.17) is 4.74 Å². The van der Waals surface area contributed by atoms with Crippen LogP contribution in [0.5, 0.6) is 5.75 Å². The van der Waals surface area contributed by atoms with Crippen LogP contribution in [0.2, 0.25) is 0 Å². The maximum Gasteiger partial charge on any atom is 0.318 e. The van der Waals surface area contributed by atoms with Gasteiger partial charge in [-0.15, -0.1) is 0 Å². The highest BCUT2D eigenvalue weighted by atomic mass is 19.1. The first kappa shape index (κ1) is 23.0. The van der Waals surface area contributed by atoms with Gasteiger partial charge in [-0.1, -0.05) is 24.3 Å². The highest BCUT2D eigenvalue weighted by Gasteiger charge is 2.42. The molecular formula is C24H31F2N3O2. The summed E-state index contributed by atoms with van der Waals surface area (Å²) in [5.74, 6) is 0.121. The predicted molar refractivity (Wildman–Crippen MR) is 117 cm³/mol. The topological polar surface area (TPSA) is 53.6 Å². The molecule has 1 aliphatic rings. The molecule has 3 rings (SSSR count). The number of halogens is 2. The fourth-order valence-electron chi connectivity index (χ4n) is 4.23. The number of piperidine rings is 1. The lowest BCUT2D eigenvalue weighted by Gasteiger charge is -2.48. The fourth-order valence-corrected chi connectivity index (χ4v) is 4.23. The van der Waals surface area contributed by atoms with Gasteiger partial charge in [0, 0.05) is 25.0 Å². The minimum Gasteiger partial charge on any atom is -0.497 e. The van der Waals surface area contributed by atoms with Crippen molar-refractivity contribution in [3.05, 3.63) is 65.5 Å². The summed E-state index contributed by atoms with van der Waals surface area (Å²) in [5.41, 5.74) is 1.04. The van der Waals surface area contributed by atoms with Gasteiger partial charge in [-0.2, -0.15) is 0 Å². The van der Waals surface area contributed by atoms with Crippen molar-refractivity contribution in [3.8, 4) is 5.75 Å². The average molecular weight is 432 g/mol. The van der Waals surface area contributed by atoms with E-state index in [1.54, 1.807) is 24.1 Å². The molecule has 2 atom stereocenters. The lowest BCUT2D eigenvalue weighted by Crippen LogP contribution is -2.60. The minimum atomic E-state index is -0.686. The first-order valence-corrected chi connectivity index (χ1v) is 10.6. The molecule has 0 spiro atoms. The Morgan fingerprint density at radius 3 is 2.48 bits per heavy atom. The van der Waals surface area contributed by atoms with Crippen LogP contribution in [0.15, 0.2) is 48.5 Å². The summed E-state index contributed by atoms with van der Waals surface area (Å²) in [6.45, 7) is 4.97. The van der Waals surface area contributed by atoms with E-state index in [2.05, 4.69) is 10.6 Å². The number of amides is 2. The second-order valence-corrected chi connectivity index (χ2v) is 8.42. The zero-order chi connectivity index (χ0) is 22.4. The maximum absolute atomic E-state index is 13.9. The van der Waals surface area contributed by atoms with Crippen molar-refractivity contribution in [1.29, 1.82) is 0 Å². The summed E-state index contributed by atoms with van der Waals surface area (Å²) in [6.07, 6.45) is 0.665. The molecule has 0 saturated carbocycles. The third kappa shape index (κ3) is 5.34. The van der Waals surface area contributed by atoms with E-state index in [-0.39, 0.29) is 30.4 Å². The number of rotatable bonds is 7. The number of hydrogen-bond acceptors (Lipinski definition) is 3. The number of ether oxygens (including phenoxy) is 1. The summed E-state index contributed by atoms with van der Waals surface area (Å²) in [7, 11) is 1.61. The number of benzene rings is 2. The standard InChI is InChI=1S/C24H31F2N3O2/c1-24(2,19-6-10-21(31-3)11-7-19)29(22-12-13-27-16-18(22)14-25)23(30)28-15-17-4-8-20(26)9-5-17/h4-11,18,22,27H,12-16H2,1-3H3,(H,28,30)/t18-,22+/m0/s1. The van der Waals surface area contributed by atoms with Crippen LogP contribution in [-0.4, -0.2) is 43.8 Å². The Morgan fingerprint density at radius 2 is 1.87 bits per heavy atom. The zero-order valence-corrected chi connectivity index (χ0v) is 18.3. The quantitative estimate of drug-likeness (QED) is 0.690. The molecule has 1 saturated heterocycles. The normalized spacial score (nSPS) is 19.0. The van der Waals surface area contributed by atoms with E-state index in [0.717, 1.165) is 23.4 Å². The maximum atomic E-state index is 13.9. The summed E-state index contributed by atoms with van der Waals surface area (Å²) in [4.78, 5) is 15.2. The smallest absolute Gasteiger partial charge is 0.318 e. The van der Waals surface area contributed by atoms with E-state index in [0.29, 0.717) is 13.0 Å². The predicted octanol–water partition coefficient (Wildman–Crippen LogP) is 4.23. The number of nitrogens with zero attached hydrogens (tertiary/aromatic N) is 1. The molecule has 1 fully saturated rings. The molecule has 2 aromatic carbocycles. The van der Waals surface area contributed by atoms with Gasteiger partial charge in [0.15, 0.2) is 0 Å². The van der Waals surface area contributed by atoms with Gasteiger partial charge in [-0.05, 0) is 62.2 Å². The van der Waals surface area contributed by atoms with Gasteiger partial charge < -0.3 is 20.3 Å². The van der Waals surface area contributed by atoms with Gasteiger partial charge in [0.05, 0.1) is 19.3 Å². The highest BCUT2D eigenvalue weighted by Crippen LogP contribution is 2.35. The molecule has 1 aliphatic heterocycles. The van der Waals surface area contributed by atoms with Crippen LogP contribution in [0, 0.1) is 11.7 Å². The second-order valence-electron chi connectivity index (χ2n) is 8.42. The van der Waals surface area contributed by atoms with Crippen LogP contribution in [0.4, 0.5) is 13.6 Å². The number of urea groups is 1. The lowest BCUT2D eigenvalue weighted by molar-refractivity contribution is 0.0461. The Morgan fingerprint density at radius 1 is 1.19 bits per heavy atom. The number of carbonyl (C=O) groups excluding carboxylic acids is 1. The van der Waals surface area contributed by atoms with Crippen molar-refractivity contribution >= 4 is 6.03 Å². The Labute approximate surface area is 182 Å². The molecule has 0 bridgehead atoms. The van der Waals surface area contributed by atoms with Crippen molar-refractivity contribution in [2.75, 3.05) is 26.9 Å². The van der Waals surface area contributed by atoms with E-state index >= 15 is 0 Å². The molecule has 7 heteroatoms. The van der Waals surface area contributed by atoms with E-state index in [9.17, 15) is 13.6 Å². The molecule has 0 radical (unpaired) electrons. The Kier molecular flexibility index (Phi) is 7.49. The van der Waals surface area contributed by atoms with E-state index < -0.39 is 12.2 Å². The van der Waals surface area contributed by atoms with Crippen LogP contribution in [0.1, 0.15) is 31.4 Å². The van der Waals surface area contributed by atoms with Gasteiger partial charge in [0.2, 0.25) is 0 Å². The van der Waals surface area contributed by atoms with Gasteiger partial charge in [-0.25, -0.2) is 9.18 Å². The molecule has 5 nitrogen and oxygen atoms in total. The molecule has 168 valence electrons. The highest BCUT2D eigenvalue weighted by molar-refractivity contribution is 5.76. The van der Waals surface area contributed by atoms with Crippen molar-refractivity contribution in [1.82, 2.24) is 15.5 Å². The number of hydrogen-bond donors (Lipinski definition) is 2. The molecule has 2 N–H and O–H groups in total. The van der Waals surface area contributed by atoms with Gasteiger partial charge in [0.1, 0.15) is 11.6 Å². The molecule has 0 aliphatic carbocycles. The number of carbonyl (C=O) groups is 1. The van der Waals surface area contributed by atoms with Crippen LogP contribution >= 0.6 is 0 Å². The first-order valence-electron chi connectivity index (χ1n) is 10.6. The third-order valence-corrected chi connectivity index (χ3v) is 6.07. The lowest BCUT2D eigenvalue weighted by atomic mass is 9.85. The van der Waals surface area contributed by atoms with E-state index in [1.165, 1.54) is 12.1 Å². The first-order chi connectivity index (χ1) is 14.9. The van der Waals surface area contributed by atoms with Crippen LogP contribution < -0.4 is 15.4 Å². The summed E-state index contributed by atoms with van der Waals surface area (Å²) in [5, 5.41) is 6.18. The summed E-state index contributed by atoms with van der Waals surface area (Å²) < 4.78 is 32.3. The number of nitrogens with one attached hydrogen (secondary N) is 2. The summed E-state index contributed by atoms with van der Waals surface area (Å²) >= 11 is 0. The van der Waals surface area contributed by atoms with Crippen molar-refractivity contribution in [2.45, 2.75) is 38.4 Å². The molecule has 0 unspecified atom stereocenters. The average Bonchev–Trinajstić information content (AvgIpc) is 2.79. The third-order valence-electron chi connectivity index (χ3n) is 6.07. The van der Waals surface area contributed by atoms with E-state index in [1.807, 2.05) is 38.1 Å². The number of alkyl halides is 1. The van der Waals surface area contributed by atoms with Crippen LogP contribution in [-0.2, 0) is 12.1 Å². The minimum absolute atomic E-state index is 0.253. The van der Waals surface area contributed by atoms with Crippen molar-refractivity contribution in [2.24, 2.45) is 5.92 Å². The monoisotopic (exact) mass is 431 g/mol. The Balaban J connectivity index is 1.88. The van der Waals surface area contributed by atoms with Gasteiger partial charge >= 0.3 is 6.03 Å². The molecule has 31 heavy (non-hydrogen) atoms.